The predicted molar refractivity (Wildman–Crippen MR) is 107 cm³/mol. The van der Waals surface area contributed by atoms with Gasteiger partial charge in [-0.05, 0) is 44.3 Å². The zero-order valence-electron chi connectivity index (χ0n) is 15.8. The van der Waals surface area contributed by atoms with Crippen LogP contribution in [0.5, 0.6) is 0 Å². The van der Waals surface area contributed by atoms with Crippen LogP contribution in [0.1, 0.15) is 11.4 Å². The third-order valence-corrected chi connectivity index (χ3v) is 5.45. The first-order chi connectivity index (χ1) is 13.4. The summed E-state index contributed by atoms with van der Waals surface area (Å²) in [6.07, 6.45) is 0. The van der Waals surface area contributed by atoms with Crippen molar-refractivity contribution in [1.82, 2.24) is 19.2 Å². The highest BCUT2D eigenvalue weighted by molar-refractivity contribution is 7.71. The number of nitrogens with zero attached hydrogens (tertiary/aromatic N) is 6. The molecule has 3 heterocycles. The Morgan fingerprint density at radius 3 is 2.50 bits per heavy atom. The van der Waals surface area contributed by atoms with E-state index in [1.165, 1.54) is 4.90 Å². The smallest absolute Gasteiger partial charge is 0.269 e. The molecule has 0 amide bonds. The van der Waals surface area contributed by atoms with Crippen LogP contribution in [0.4, 0.5) is 11.4 Å². The van der Waals surface area contributed by atoms with Crippen LogP contribution >= 0.6 is 12.2 Å². The lowest BCUT2D eigenvalue weighted by Gasteiger charge is -2.33. The van der Waals surface area contributed by atoms with Crippen LogP contribution in [0.3, 0.4) is 0 Å². The van der Waals surface area contributed by atoms with Crippen molar-refractivity contribution in [3.63, 3.8) is 0 Å². The van der Waals surface area contributed by atoms with Gasteiger partial charge in [-0.15, -0.1) is 0 Å². The van der Waals surface area contributed by atoms with Gasteiger partial charge in [0, 0.05) is 29.2 Å². The Kier molecular flexibility index (Phi) is 4.82. The highest BCUT2D eigenvalue weighted by Gasteiger charge is 2.22. The Morgan fingerprint density at radius 1 is 1.18 bits per heavy atom. The molecule has 2 aromatic heterocycles. The van der Waals surface area contributed by atoms with Crippen molar-refractivity contribution in [2.75, 3.05) is 31.1 Å². The quantitative estimate of drug-likeness (QED) is 0.402. The molecule has 146 valence electrons. The van der Waals surface area contributed by atoms with Gasteiger partial charge in [0.15, 0.2) is 6.67 Å². The zero-order valence-corrected chi connectivity index (χ0v) is 16.6. The van der Waals surface area contributed by atoms with E-state index < -0.39 is 0 Å². The molecule has 1 aliphatic rings. The monoisotopic (exact) mass is 400 g/mol. The molecular formula is C18H22N7O2S+. The summed E-state index contributed by atoms with van der Waals surface area (Å²) in [5.41, 5.74) is 3.14. The number of fused-ring (bicyclic) bond motifs is 1. The summed E-state index contributed by atoms with van der Waals surface area (Å²) in [5, 5.41) is 10.8. The molecule has 1 N–H and O–H groups in total. The first-order valence-corrected chi connectivity index (χ1v) is 9.60. The number of benzene rings is 1. The molecule has 1 aliphatic heterocycles. The van der Waals surface area contributed by atoms with Crippen LogP contribution in [-0.4, -0.2) is 50.3 Å². The number of rotatable bonds is 4. The van der Waals surface area contributed by atoms with E-state index in [9.17, 15) is 10.1 Å². The minimum atomic E-state index is -0.371. The molecule has 0 spiro atoms. The van der Waals surface area contributed by atoms with E-state index in [-0.39, 0.29) is 10.6 Å². The van der Waals surface area contributed by atoms with Crippen LogP contribution in [0.25, 0.3) is 5.78 Å². The van der Waals surface area contributed by atoms with Gasteiger partial charge >= 0.3 is 0 Å². The molecule has 28 heavy (non-hydrogen) atoms. The normalized spacial score (nSPS) is 15.3. The molecule has 0 atom stereocenters. The molecule has 4 rings (SSSR count). The van der Waals surface area contributed by atoms with E-state index >= 15 is 0 Å². The van der Waals surface area contributed by atoms with Gasteiger partial charge in [0.1, 0.15) is 0 Å². The number of piperazine rings is 1. The van der Waals surface area contributed by atoms with Crippen molar-refractivity contribution < 1.29 is 9.82 Å². The summed E-state index contributed by atoms with van der Waals surface area (Å²) in [4.78, 5) is 23.0. The van der Waals surface area contributed by atoms with E-state index in [2.05, 4.69) is 14.9 Å². The average Bonchev–Trinajstić information content (AvgIpc) is 2.97. The predicted octanol–water partition coefficient (Wildman–Crippen LogP) is 1.15. The largest absolute Gasteiger partial charge is 0.360 e. The van der Waals surface area contributed by atoms with E-state index in [1.807, 2.05) is 41.2 Å². The van der Waals surface area contributed by atoms with Gasteiger partial charge in [-0.1, -0.05) is 0 Å². The van der Waals surface area contributed by atoms with Gasteiger partial charge in [-0.25, -0.2) is 14.2 Å². The molecule has 3 aromatic rings. The second-order valence-electron chi connectivity index (χ2n) is 7.11. The SMILES string of the molecule is Cc1cc(C)n2c(n1)nc(=S)n2C[NH+]1CCN(c2ccc([N+](=O)[O-])cc2)CC1. The lowest BCUT2D eigenvalue weighted by Crippen LogP contribution is -3.14. The molecule has 0 saturated carbocycles. The van der Waals surface area contributed by atoms with Crippen molar-refractivity contribution in [1.29, 1.82) is 0 Å². The van der Waals surface area contributed by atoms with E-state index in [1.54, 1.807) is 12.1 Å². The van der Waals surface area contributed by atoms with Crippen molar-refractivity contribution in [2.24, 2.45) is 0 Å². The topological polar surface area (TPSA) is 85.9 Å². The van der Waals surface area contributed by atoms with Gasteiger partial charge < -0.3 is 9.80 Å². The Labute approximate surface area is 167 Å². The number of anilines is 1. The maximum Gasteiger partial charge on any atom is 0.269 e. The number of quaternary nitrogens is 1. The van der Waals surface area contributed by atoms with Crippen molar-refractivity contribution in [3.8, 4) is 0 Å². The minimum absolute atomic E-state index is 0.120. The maximum atomic E-state index is 10.8. The average molecular weight is 400 g/mol. The summed E-state index contributed by atoms with van der Waals surface area (Å²) in [6.45, 7) is 8.39. The van der Waals surface area contributed by atoms with Gasteiger partial charge in [0.25, 0.3) is 11.5 Å². The summed E-state index contributed by atoms with van der Waals surface area (Å²) in [6, 6.07) is 8.79. The second-order valence-corrected chi connectivity index (χ2v) is 7.48. The number of aromatic nitrogens is 4. The highest BCUT2D eigenvalue weighted by atomic mass is 32.1. The van der Waals surface area contributed by atoms with E-state index in [0.29, 0.717) is 10.5 Å². The van der Waals surface area contributed by atoms with Gasteiger partial charge in [-0.2, -0.15) is 4.98 Å². The maximum absolute atomic E-state index is 10.8. The van der Waals surface area contributed by atoms with Crippen LogP contribution < -0.4 is 9.80 Å². The Hall–Kier alpha value is -2.85. The molecular weight excluding hydrogens is 378 g/mol. The number of nitrogens with one attached hydrogen (secondary N) is 1. The van der Waals surface area contributed by atoms with Gasteiger partial charge in [0.05, 0.1) is 31.1 Å². The number of non-ortho nitro benzene ring substituents is 1. The number of hydrogen-bond acceptors (Lipinski definition) is 6. The third kappa shape index (κ3) is 3.48. The summed E-state index contributed by atoms with van der Waals surface area (Å²) in [7, 11) is 0. The Bertz CT molecular complexity index is 1080. The summed E-state index contributed by atoms with van der Waals surface area (Å²) < 4.78 is 4.56. The Balaban J connectivity index is 1.46. The van der Waals surface area contributed by atoms with Gasteiger partial charge in [0.2, 0.25) is 4.77 Å². The fraction of sp³-hybridized carbons (Fsp3) is 0.389. The molecule has 0 radical (unpaired) electrons. The fourth-order valence-electron chi connectivity index (χ4n) is 3.73. The standard InChI is InChI=1S/C18H21N7O2S/c1-13-11-14(2)24-17(19-13)20-18(28)23(24)12-21-7-9-22(10-8-21)15-3-5-16(6-4-15)25(26)27/h3-6,11H,7-10,12H2,1-2H3/p+1. The van der Waals surface area contributed by atoms with Crippen molar-refractivity contribution in [3.05, 3.63) is 56.6 Å². The lowest BCUT2D eigenvalue weighted by atomic mass is 10.2. The van der Waals surface area contributed by atoms with Crippen molar-refractivity contribution in [2.45, 2.75) is 20.5 Å². The molecule has 1 fully saturated rings. The van der Waals surface area contributed by atoms with Crippen LogP contribution in [0, 0.1) is 28.7 Å². The summed E-state index contributed by atoms with van der Waals surface area (Å²) >= 11 is 5.47. The van der Waals surface area contributed by atoms with E-state index in [0.717, 1.165) is 49.9 Å². The number of nitro benzene ring substituents is 1. The number of aryl methyl sites for hydroxylation is 2. The fourth-order valence-corrected chi connectivity index (χ4v) is 3.96. The first-order valence-electron chi connectivity index (χ1n) is 9.19. The summed E-state index contributed by atoms with van der Waals surface area (Å²) in [5.74, 6) is 0.645. The molecule has 1 aromatic carbocycles. The number of hydrogen-bond donors (Lipinski definition) is 1. The molecule has 0 aliphatic carbocycles. The zero-order chi connectivity index (χ0) is 19.8. The molecule has 9 nitrogen and oxygen atoms in total. The second kappa shape index (κ2) is 7.28. The van der Waals surface area contributed by atoms with Crippen LogP contribution in [0.2, 0.25) is 0 Å². The third-order valence-electron chi connectivity index (χ3n) is 5.15. The minimum Gasteiger partial charge on any atom is -0.360 e. The Morgan fingerprint density at radius 2 is 1.86 bits per heavy atom. The number of nitro groups is 1. The molecule has 0 unspecified atom stereocenters. The van der Waals surface area contributed by atoms with Crippen LogP contribution in [-0.2, 0) is 6.67 Å². The molecule has 10 heteroatoms. The lowest BCUT2D eigenvalue weighted by molar-refractivity contribution is -0.924. The molecule has 1 saturated heterocycles. The van der Waals surface area contributed by atoms with Crippen LogP contribution in [0.15, 0.2) is 30.3 Å². The molecule has 0 bridgehead atoms. The van der Waals surface area contributed by atoms with Crippen molar-refractivity contribution >= 4 is 29.4 Å². The van der Waals surface area contributed by atoms with Gasteiger partial charge in [-0.3, -0.25) is 10.1 Å². The first kappa shape index (κ1) is 18.5. The highest BCUT2D eigenvalue weighted by Crippen LogP contribution is 2.19. The van der Waals surface area contributed by atoms with E-state index in [4.69, 9.17) is 12.2 Å².